The Morgan fingerprint density at radius 2 is 2.03 bits per heavy atom. The fourth-order valence-electron chi connectivity index (χ4n) is 4.23. The van der Waals surface area contributed by atoms with Crippen LogP contribution in [0, 0.1) is 11.7 Å². The van der Waals surface area contributed by atoms with E-state index < -0.39 is 17.6 Å². The molecule has 0 aliphatic carbocycles. The highest BCUT2D eigenvalue weighted by atomic mass is 19.1. The van der Waals surface area contributed by atoms with E-state index in [0.717, 1.165) is 18.9 Å². The van der Waals surface area contributed by atoms with E-state index in [4.69, 9.17) is 15.2 Å². The van der Waals surface area contributed by atoms with Crippen LogP contribution in [-0.4, -0.2) is 48.8 Å². The van der Waals surface area contributed by atoms with Gasteiger partial charge in [-0.2, -0.15) is 0 Å². The normalized spacial score (nSPS) is 20.6. The molecule has 1 fully saturated rings. The lowest BCUT2D eigenvalue weighted by molar-refractivity contribution is 0.0406. The van der Waals surface area contributed by atoms with E-state index in [9.17, 15) is 18.8 Å². The maximum atomic E-state index is 14.4. The van der Waals surface area contributed by atoms with Gasteiger partial charge in [-0.15, -0.1) is 0 Å². The van der Waals surface area contributed by atoms with Crippen molar-refractivity contribution in [3.63, 3.8) is 0 Å². The number of fused-ring (bicyclic) bond motifs is 1. The van der Waals surface area contributed by atoms with Gasteiger partial charge in [-0.1, -0.05) is 0 Å². The largest absolute Gasteiger partial charge is 0.497 e. The van der Waals surface area contributed by atoms with Crippen LogP contribution < -0.4 is 15.2 Å². The summed E-state index contributed by atoms with van der Waals surface area (Å²) < 4.78 is 25.7. The number of nitrogens with zero attached hydrogens (tertiary/aromatic N) is 1. The van der Waals surface area contributed by atoms with E-state index in [1.54, 1.807) is 23.1 Å². The van der Waals surface area contributed by atoms with E-state index in [-0.39, 0.29) is 35.4 Å². The van der Waals surface area contributed by atoms with Gasteiger partial charge in [0.25, 0.3) is 5.91 Å². The summed E-state index contributed by atoms with van der Waals surface area (Å²) >= 11 is 0. The molecule has 8 heteroatoms. The highest BCUT2D eigenvalue weighted by Gasteiger charge is 2.36. The first-order valence-corrected chi connectivity index (χ1v) is 10.1. The van der Waals surface area contributed by atoms with Crippen molar-refractivity contribution in [1.29, 1.82) is 0 Å². The Kier molecular flexibility index (Phi) is 5.63. The Balaban J connectivity index is 1.49. The minimum absolute atomic E-state index is 0.00924. The average molecular weight is 426 g/mol. The molecule has 1 saturated heterocycles. The van der Waals surface area contributed by atoms with Gasteiger partial charge in [-0.05, 0) is 49.2 Å². The van der Waals surface area contributed by atoms with Crippen LogP contribution in [-0.2, 0) is 0 Å². The van der Waals surface area contributed by atoms with Crippen LogP contribution in [0.25, 0.3) is 0 Å². The lowest BCUT2D eigenvalue weighted by Crippen LogP contribution is -2.46. The van der Waals surface area contributed by atoms with Gasteiger partial charge in [0, 0.05) is 31.0 Å². The molecule has 0 bridgehead atoms. The summed E-state index contributed by atoms with van der Waals surface area (Å²) in [4.78, 5) is 38.4. The first-order valence-electron chi connectivity index (χ1n) is 10.1. The van der Waals surface area contributed by atoms with Crippen LogP contribution in [0.4, 0.5) is 4.39 Å². The lowest BCUT2D eigenvalue weighted by Gasteiger charge is -2.38. The van der Waals surface area contributed by atoms with Crippen LogP contribution in [0.1, 0.15) is 50.3 Å². The number of hydrogen-bond acceptors (Lipinski definition) is 5. The molecule has 0 aromatic heterocycles. The Bertz CT molecular complexity index is 1050. The van der Waals surface area contributed by atoms with Crippen LogP contribution in [0.15, 0.2) is 36.4 Å². The van der Waals surface area contributed by atoms with Gasteiger partial charge in [-0.25, -0.2) is 4.39 Å². The van der Waals surface area contributed by atoms with E-state index in [0.29, 0.717) is 30.2 Å². The maximum Gasteiger partial charge on any atom is 0.256 e. The Labute approximate surface area is 178 Å². The number of benzene rings is 2. The Hall–Kier alpha value is -3.42. The fraction of sp³-hybridized carbons (Fsp3) is 0.348. The van der Waals surface area contributed by atoms with Crippen molar-refractivity contribution < 1.29 is 28.2 Å². The van der Waals surface area contributed by atoms with Gasteiger partial charge in [0.05, 0.1) is 18.2 Å². The van der Waals surface area contributed by atoms with Crippen LogP contribution in [0.3, 0.4) is 0 Å². The van der Waals surface area contributed by atoms with Crippen molar-refractivity contribution in [2.45, 2.75) is 25.4 Å². The van der Waals surface area contributed by atoms with E-state index in [2.05, 4.69) is 0 Å². The third-order valence-corrected chi connectivity index (χ3v) is 5.91. The fourth-order valence-corrected chi connectivity index (χ4v) is 4.23. The quantitative estimate of drug-likeness (QED) is 0.811. The second kappa shape index (κ2) is 8.37. The van der Waals surface area contributed by atoms with Gasteiger partial charge in [0.15, 0.2) is 5.78 Å². The highest BCUT2D eigenvalue weighted by Crippen LogP contribution is 2.35. The molecule has 2 heterocycles. The summed E-state index contributed by atoms with van der Waals surface area (Å²) in [5.41, 5.74) is 5.56. The second-order valence-corrected chi connectivity index (χ2v) is 7.86. The minimum atomic E-state index is -0.782. The zero-order chi connectivity index (χ0) is 22.1. The number of carbonyl (C=O) groups is 3. The van der Waals surface area contributed by atoms with Crippen molar-refractivity contribution in [3.8, 4) is 11.5 Å². The maximum absolute atomic E-state index is 14.4. The molecular formula is C23H23FN2O5. The number of carbonyl (C=O) groups excluding carboxylic acids is 3. The average Bonchev–Trinajstić information content (AvgIpc) is 2.78. The van der Waals surface area contributed by atoms with Gasteiger partial charge in [0.1, 0.15) is 23.4 Å². The summed E-state index contributed by atoms with van der Waals surface area (Å²) in [7, 11) is 1.54. The Morgan fingerprint density at radius 1 is 1.23 bits per heavy atom. The molecule has 2 aliphatic rings. The molecule has 2 N–H and O–H groups in total. The molecule has 2 atom stereocenters. The van der Waals surface area contributed by atoms with Crippen molar-refractivity contribution in [3.05, 3.63) is 58.9 Å². The number of halogens is 1. The summed E-state index contributed by atoms with van der Waals surface area (Å²) in [6.45, 7) is 0.847. The standard InChI is InChI=1S/C23H23FN2O5/c1-30-15-5-7-20-17(10-15)19(27)11-21(31-20)14-3-2-8-26(12-14)23(29)16-6-4-13(22(25)28)9-18(16)24/h4-7,9-10,14,21H,2-3,8,11-12H2,1H3,(H2,25,28). The number of nitrogens with two attached hydrogens (primary N) is 1. The molecule has 2 aromatic carbocycles. The van der Waals surface area contributed by atoms with Crippen molar-refractivity contribution in [2.24, 2.45) is 11.7 Å². The van der Waals surface area contributed by atoms with Gasteiger partial charge in [0.2, 0.25) is 5.91 Å². The van der Waals surface area contributed by atoms with Crippen molar-refractivity contribution in [2.75, 3.05) is 20.2 Å². The number of amides is 2. The summed E-state index contributed by atoms with van der Waals surface area (Å²) in [5.74, 6) is -0.966. The molecule has 2 aliphatic heterocycles. The number of likely N-dealkylation sites (tertiary alicyclic amines) is 1. The van der Waals surface area contributed by atoms with Gasteiger partial charge < -0.3 is 20.1 Å². The minimum Gasteiger partial charge on any atom is -0.497 e. The molecule has 0 radical (unpaired) electrons. The van der Waals surface area contributed by atoms with Crippen LogP contribution in [0.5, 0.6) is 11.5 Å². The van der Waals surface area contributed by atoms with E-state index in [1.807, 2.05) is 0 Å². The highest BCUT2D eigenvalue weighted by molar-refractivity contribution is 6.00. The zero-order valence-corrected chi connectivity index (χ0v) is 17.1. The summed E-state index contributed by atoms with van der Waals surface area (Å²) in [6, 6.07) is 8.73. The number of Topliss-reactive ketones (excluding diaryl/α,β-unsaturated/α-hetero) is 1. The molecule has 2 amide bonds. The topological polar surface area (TPSA) is 98.9 Å². The zero-order valence-electron chi connectivity index (χ0n) is 17.1. The molecule has 0 spiro atoms. The molecule has 7 nitrogen and oxygen atoms in total. The molecular weight excluding hydrogens is 403 g/mol. The summed E-state index contributed by atoms with van der Waals surface area (Å²) in [6.07, 6.45) is 1.39. The van der Waals surface area contributed by atoms with Crippen molar-refractivity contribution >= 4 is 17.6 Å². The number of piperidine rings is 1. The molecule has 4 rings (SSSR count). The molecule has 2 unspecified atom stereocenters. The van der Waals surface area contributed by atoms with Crippen LogP contribution >= 0.6 is 0 Å². The summed E-state index contributed by atoms with van der Waals surface area (Å²) in [5, 5.41) is 0. The predicted octanol–water partition coefficient (Wildman–Crippen LogP) is 2.82. The predicted molar refractivity (Wildman–Crippen MR) is 110 cm³/mol. The SMILES string of the molecule is COc1ccc2c(c1)C(=O)CC(C1CCCN(C(=O)c3ccc(C(N)=O)cc3F)C1)O2. The smallest absolute Gasteiger partial charge is 0.256 e. The number of methoxy groups -OCH3 is 1. The molecule has 2 aromatic rings. The lowest BCUT2D eigenvalue weighted by atomic mass is 9.86. The monoisotopic (exact) mass is 426 g/mol. The number of hydrogen-bond donors (Lipinski definition) is 1. The third-order valence-electron chi connectivity index (χ3n) is 5.91. The third kappa shape index (κ3) is 4.10. The molecule has 0 saturated carbocycles. The van der Waals surface area contributed by atoms with Crippen molar-refractivity contribution in [1.82, 2.24) is 4.90 Å². The van der Waals surface area contributed by atoms with Gasteiger partial charge >= 0.3 is 0 Å². The number of ether oxygens (including phenoxy) is 2. The first-order chi connectivity index (χ1) is 14.9. The number of rotatable bonds is 4. The number of ketones is 1. The Morgan fingerprint density at radius 3 is 2.74 bits per heavy atom. The second-order valence-electron chi connectivity index (χ2n) is 7.86. The first kappa shape index (κ1) is 20.8. The van der Waals surface area contributed by atoms with Gasteiger partial charge in [-0.3, -0.25) is 14.4 Å². The molecule has 162 valence electrons. The van der Waals surface area contributed by atoms with E-state index >= 15 is 0 Å². The van der Waals surface area contributed by atoms with E-state index in [1.165, 1.54) is 19.2 Å². The molecule has 31 heavy (non-hydrogen) atoms. The van der Waals surface area contributed by atoms with Crippen LogP contribution in [0.2, 0.25) is 0 Å². The number of primary amides is 1.